The Kier molecular flexibility index (Phi) is 3.48. The SMILES string of the molecule is CC(C)CC(=O)C1(O)CCCCC1. The van der Waals surface area contributed by atoms with Gasteiger partial charge in [0.1, 0.15) is 5.60 Å². The van der Waals surface area contributed by atoms with Crippen LogP contribution in [0, 0.1) is 5.92 Å². The Balaban J connectivity index is 2.51. The third-order valence-corrected chi connectivity index (χ3v) is 2.79. The number of carbonyl (C=O) groups is 1. The van der Waals surface area contributed by atoms with Gasteiger partial charge in [0.05, 0.1) is 0 Å². The van der Waals surface area contributed by atoms with Crippen molar-refractivity contribution in [1.29, 1.82) is 0 Å². The summed E-state index contributed by atoms with van der Waals surface area (Å²) in [5, 5.41) is 10.0. The molecule has 1 fully saturated rings. The van der Waals surface area contributed by atoms with Gasteiger partial charge in [0, 0.05) is 6.42 Å². The molecule has 0 unspecified atom stereocenters. The summed E-state index contributed by atoms with van der Waals surface area (Å²) in [6, 6.07) is 0. The third kappa shape index (κ3) is 2.80. The van der Waals surface area contributed by atoms with E-state index >= 15 is 0 Å². The lowest BCUT2D eigenvalue weighted by Crippen LogP contribution is -2.40. The summed E-state index contributed by atoms with van der Waals surface area (Å²) in [6.07, 6.45) is 5.05. The second-order valence-corrected chi connectivity index (χ2v) is 4.61. The highest BCUT2D eigenvalue weighted by Gasteiger charge is 2.36. The zero-order chi connectivity index (χ0) is 9.90. The molecule has 0 aromatic rings. The minimum atomic E-state index is -0.970. The number of aliphatic hydroxyl groups is 1. The Morgan fingerprint density at radius 2 is 1.85 bits per heavy atom. The second-order valence-electron chi connectivity index (χ2n) is 4.61. The summed E-state index contributed by atoms with van der Waals surface area (Å²) < 4.78 is 0. The van der Waals surface area contributed by atoms with Crippen molar-refractivity contribution >= 4 is 5.78 Å². The van der Waals surface area contributed by atoms with E-state index in [1.165, 1.54) is 0 Å². The van der Waals surface area contributed by atoms with Crippen LogP contribution in [0.4, 0.5) is 0 Å². The van der Waals surface area contributed by atoms with Gasteiger partial charge in [0.25, 0.3) is 0 Å². The number of hydrogen-bond donors (Lipinski definition) is 1. The van der Waals surface area contributed by atoms with Crippen LogP contribution in [-0.4, -0.2) is 16.5 Å². The Morgan fingerprint density at radius 3 is 2.31 bits per heavy atom. The fraction of sp³-hybridized carbons (Fsp3) is 0.909. The highest BCUT2D eigenvalue weighted by molar-refractivity contribution is 5.87. The molecule has 0 atom stereocenters. The molecule has 13 heavy (non-hydrogen) atoms. The van der Waals surface area contributed by atoms with E-state index in [4.69, 9.17) is 0 Å². The van der Waals surface area contributed by atoms with E-state index in [0.717, 1.165) is 19.3 Å². The Hall–Kier alpha value is -0.370. The molecule has 0 aromatic heterocycles. The molecule has 0 spiro atoms. The molecule has 1 rings (SSSR count). The molecular formula is C11H20O2. The van der Waals surface area contributed by atoms with Gasteiger partial charge >= 0.3 is 0 Å². The van der Waals surface area contributed by atoms with Crippen molar-refractivity contribution < 1.29 is 9.90 Å². The minimum Gasteiger partial charge on any atom is -0.382 e. The summed E-state index contributed by atoms with van der Waals surface area (Å²) in [7, 11) is 0. The normalized spacial score (nSPS) is 21.8. The maximum Gasteiger partial charge on any atom is 0.164 e. The van der Waals surface area contributed by atoms with Crippen molar-refractivity contribution in [3.05, 3.63) is 0 Å². The van der Waals surface area contributed by atoms with Gasteiger partial charge in [-0.25, -0.2) is 0 Å². The lowest BCUT2D eigenvalue weighted by atomic mass is 9.79. The van der Waals surface area contributed by atoms with Gasteiger partial charge in [-0.2, -0.15) is 0 Å². The van der Waals surface area contributed by atoms with Crippen LogP contribution in [-0.2, 0) is 4.79 Å². The van der Waals surface area contributed by atoms with E-state index in [1.807, 2.05) is 13.8 Å². The lowest BCUT2D eigenvalue weighted by molar-refractivity contribution is -0.141. The first kappa shape index (κ1) is 10.7. The molecule has 1 saturated carbocycles. The van der Waals surface area contributed by atoms with Gasteiger partial charge in [-0.1, -0.05) is 33.1 Å². The maximum atomic E-state index is 11.7. The molecule has 0 saturated heterocycles. The zero-order valence-corrected chi connectivity index (χ0v) is 8.68. The van der Waals surface area contributed by atoms with Crippen molar-refractivity contribution in [2.24, 2.45) is 5.92 Å². The van der Waals surface area contributed by atoms with Crippen molar-refractivity contribution in [3.8, 4) is 0 Å². The third-order valence-electron chi connectivity index (χ3n) is 2.79. The largest absolute Gasteiger partial charge is 0.382 e. The van der Waals surface area contributed by atoms with Gasteiger partial charge in [0.15, 0.2) is 5.78 Å². The molecule has 0 radical (unpaired) electrons. The summed E-state index contributed by atoms with van der Waals surface area (Å²) in [5.74, 6) is 0.417. The molecule has 0 aliphatic heterocycles. The molecule has 0 amide bonds. The topological polar surface area (TPSA) is 37.3 Å². The summed E-state index contributed by atoms with van der Waals surface area (Å²) in [4.78, 5) is 11.7. The van der Waals surface area contributed by atoms with Crippen LogP contribution in [0.1, 0.15) is 52.4 Å². The van der Waals surface area contributed by atoms with Crippen molar-refractivity contribution in [2.75, 3.05) is 0 Å². The van der Waals surface area contributed by atoms with Crippen LogP contribution in [0.25, 0.3) is 0 Å². The average molecular weight is 184 g/mol. The smallest absolute Gasteiger partial charge is 0.164 e. The predicted molar refractivity (Wildman–Crippen MR) is 52.5 cm³/mol. The summed E-state index contributed by atoms with van der Waals surface area (Å²) >= 11 is 0. The molecule has 0 bridgehead atoms. The van der Waals surface area contributed by atoms with E-state index < -0.39 is 5.60 Å². The Labute approximate surface area is 80.3 Å². The van der Waals surface area contributed by atoms with Crippen LogP contribution in [0.3, 0.4) is 0 Å². The van der Waals surface area contributed by atoms with E-state index in [0.29, 0.717) is 25.2 Å². The lowest BCUT2D eigenvalue weighted by Gasteiger charge is -2.31. The Morgan fingerprint density at radius 1 is 1.31 bits per heavy atom. The molecule has 1 N–H and O–H groups in total. The highest BCUT2D eigenvalue weighted by Crippen LogP contribution is 2.30. The molecule has 2 heteroatoms. The number of Topliss-reactive ketones (excluding diaryl/α,β-unsaturated/α-hetero) is 1. The zero-order valence-electron chi connectivity index (χ0n) is 8.68. The number of ketones is 1. The number of rotatable bonds is 3. The van der Waals surface area contributed by atoms with E-state index in [2.05, 4.69) is 0 Å². The maximum absolute atomic E-state index is 11.7. The second kappa shape index (κ2) is 4.23. The van der Waals surface area contributed by atoms with Gasteiger partial charge in [-0.05, 0) is 18.8 Å². The standard InChI is InChI=1S/C11H20O2/c1-9(2)8-10(12)11(13)6-4-3-5-7-11/h9,13H,3-8H2,1-2H3. The summed E-state index contributed by atoms with van der Waals surface area (Å²) in [6.45, 7) is 4.04. The van der Waals surface area contributed by atoms with Gasteiger partial charge in [-0.15, -0.1) is 0 Å². The number of carbonyl (C=O) groups excluding carboxylic acids is 1. The monoisotopic (exact) mass is 184 g/mol. The molecule has 1 aliphatic carbocycles. The van der Waals surface area contributed by atoms with Gasteiger partial charge in [0.2, 0.25) is 0 Å². The molecule has 0 heterocycles. The van der Waals surface area contributed by atoms with Gasteiger partial charge < -0.3 is 5.11 Å². The van der Waals surface area contributed by atoms with E-state index in [1.54, 1.807) is 0 Å². The fourth-order valence-electron chi connectivity index (χ4n) is 1.98. The van der Waals surface area contributed by atoms with Crippen LogP contribution in [0.5, 0.6) is 0 Å². The molecule has 1 aliphatic rings. The number of hydrogen-bond acceptors (Lipinski definition) is 2. The first-order valence-electron chi connectivity index (χ1n) is 5.30. The molecule has 0 aromatic carbocycles. The summed E-state index contributed by atoms with van der Waals surface area (Å²) in [5.41, 5.74) is -0.970. The minimum absolute atomic E-state index is 0.0576. The fourth-order valence-corrected chi connectivity index (χ4v) is 1.98. The quantitative estimate of drug-likeness (QED) is 0.730. The average Bonchev–Trinajstić information content (AvgIpc) is 2.04. The van der Waals surface area contributed by atoms with Crippen LogP contribution in [0.15, 0.2) is 0 Å². The van der Waals surface area contributed by atoms with E-state index in [9.17, 15) is 9.90 Å². The molecule has 2 nitrogen and oxygen atoms in total. The van der Waals surface area contributed by atoms with Crippen molar-refractivity contribution in [2.45, 2.75) is 58.0 Å². The van der Waals surface area contributed by atoms with Crippen molar-refractivity contribution in [3.63, 3.8) is 0 Å². The van der Waals surface area contributed by atoms with Crippen LogP contribution < -0.4 is 0 Å². The van der Waals surface area contributed by atoms with Gasteiger partial charge in [-0.3, -0.25) is 4.79 Å². The van der Waals surface area contributed by atoms with E-state index in [-0.39, 0.29) is 5.78 Å². The molecular weight excluding hydrogens is 164 g/mol. The van der Waals surface area contributed by atoms with Crippen LogP contribution >= 0.6 is 0 Å². The van der Waals surface area contributed by atoms with Crippen LogP contribution in [0.2, 0.25) is 0 Å². The van der Waals surface area contributed by atoms with Crippen molar-refractivity contribution in [1.82, 2.24) is 0 Å². The predicted octanol–water partition coefficient (Wildman–Crippen LogP) is 2.30. The molecule has 76 valence electrons. The Bertz CT molecular complexity index is 179. The highest BCUT2D eigenvalue weighted by atomic mass is 16.3. The first-order valence-corrected chi connectivity index (χ1v) is 5.30. The first-order chi connectivity index (χ1) is 6.04.